The minimum absolute atomic E-state index is 0.188. The van der Waals surface area contributed by atoms with E-state index in [-0.39, 0.29) is 5.97 Å². The number of aromatic nitrogens is 4. The predicted octanol–water partition coefficient (Wildman–Crippen LogP) is 3.28. The first-order chi connectivity index (χ1) is 12.3. The number of ether oxygens (including phenoxy) is 1. The van der Waals surface area contributed by atoms with Gasteiger partial charge in [-0.1, -0.05) is 60.3 Å². The number of tetrazole rings is 1. The van der Waals surface area contributed by atoms with Crippen LogP contribution in [-0.2, 0) is 16.1 Å². The summed E-state index contributed by atoms with van der Waals surface area (Å²) in [6.07, 6.45) is 1.09. The topological polar surface area (TPSA) is 69.9 Å². The molecule has 0 unspecified atom stereocenters. The molecule has 25 heavy (non-hydrogen) atoms. The molecule has 7 heteroatoms. The highest BCUT2D eigenvalue weighted by Crippen LogP contribution is 2.19. The summed E-state index contributed by atoms with van der Waals surface area (Å²) in [6.45, 7) is 0.319. The maximum absolute atomic E-state index is 11.8. The van der Waals surface area contributed by atoms with Gasteiger partial charge in [-0.2, -0.15) is 4.68 Å². The van der Waals surface area contributed by atoms with Crippen LogP contribution in [0, 0.1) is 0 Å². The lowest BCUT2D eigenvalue weighted by molar-refractivity contribution is -0.144. The zero-order chi connectivity index (χ0) is 17.3. The van der Waals surface area contributed by atoms with E-state index in [1.54, 1.807) is 4.68 Å². The predicted molar refractivity (Wildman–Crippen MR) is 95.4 cm³/mol. The molecule has 0 fully saturated rings. The van der Waals surface area contributed by atoms with Crippen LogP contribution >= 0.6 is 11.8 Å². The maximum atomic E-state index is 11.8. The molecule has 6 nitrogen and oxygen atoms in total. The number of esters is 1. The molecule has 0 aliphatic rings. The Morgan fingerprint density at radius 3 is 2.52 bits per heavy atom. The van der Waals surface area contributed by atoms with Crippen LogP contribution < -0.4 is 0 Å². The van der Waals surface area contributed by atoms with Gasteiger partial charge in [-0.25, -0.2) is 0 Å². The van der Waals surface area contributed by atoms with E-state index in [0.29, 0.717) is 24.6 Å². The number of para-hydroxylation sites is 1. The molecule has 0 amide bonds. The normalized spacial score (nSPS) is 10.6. The smallest absolute Gasteiger partial charge is 0.306 e. The van der Waals surface area contributed by atoms with Crippen molar-refractivity contribution < 1.29 is 9.53 Å². The molecular weight excluding hydrogens is 336 g/mol. The van der Waals surface area contributed by atoms with E-state index in [4.69, 9.17) is 4.74 Å². The minimum Gasteiger partial charge on any atom is -0.461 e. The number of carbonyl (C=O) groups is 1. The average Bonchev–Trinajstić information content (AvgIpc) is 3.14. The van der Waals surface area contributed by atoms with Gasteiger partial charge in [0.2, 0.25) is 5.16 Å². The molecule has 0 spiro atoms. The van der Waals surface area contributed by atoms with Crippen molar-refractivity contribution in [3.05, 3.63) is 66.2 Å². The summed E-state index contributed by atoms with van der Waals surface area (Å²) in [5.41, 5.74) is 1.91. The first-order valence-electron chi connectivity index (χ1n) is 7.99. The van der Waals surface area contributed by atoms with Gasteiger partial charge in [0.25, 0.3) is 0 Å². The monoisotopic (exact) mass is 354 g/mol. The largest absolute Gasteiger partial charge is 0.461 e. The van der Waals surface area contributed by atoms with E-state index in [1.165, 1.54) is 11.8 Å². The van der Waals surface area contributed by atoms with Gasteiger partial charge in [0.05, 0.1) is 5.69 Å². The molecule has 1 aromatic heterocycles. The molecule has 1 heterocycles. The number of rotatable bonds is 8. The summed E-state index contributed by atoms with van der Waals surface area (Å²) >= 11 is 1.52. The Morgan fingerprint density at radius 2 is 1.76 bits per heavy atom. The molecule has 3 aromatic rings. The molecule has 0 atom stereocenters. The Hall–Kier alpha value is -2.67. The van der Waals surface area contributed by atoms with Crippen LogP contribution in [0.2, 0.25) is 0 Å². The highest BCUT2D eigenvalue weighted by atomic mass is 32.2. The summed E-state index contributed by atoms with van der Waals surface area (Å²) in [4.78, 5) is 11.8. The Labute approximate surface area is 150 Å². The van der Waals surface area contributed by atoms with Crippen LogP contribution in [0.1, 0.15) is 18.4 Å². The molecule has 0 bridgehead atoms. The molecule has 3 rings (SSSR count). The van der Waals surface area contributed by atoms with Crippen LogP contribution in [0.3, 0.4) is 0 Å². The lowest BCUT2D eigenvalue weighted by Crippen LogP contribution is -2.05. The number of nitrogens with zero attached hydrogens (tertiary/aromatic N) is 4. The fourth-order valence-corrected chi connectivity index (χ4v) is 3.02. The van der Waals surface area contributed by atoms with Crippen molar-refractivity contribution in [1.29, 1.82) is 0 Å². The Kier molecular flexibility index (Phi) is 6.17. The summed E-state index contributed by atoms with van der Waals surface area (Å²) in [7, 11) is 0. The first kappa shape index (κ1) is 17.2. The van der Waals surface area contributed by atoms with Gasteiger partial charge in [-0.05, 0) is 34.5 Å². The minimum atomic E-state index is -0.188. The molecule has 0 saturated heterocycles. The van der Waals surface area contributed by atoms with Gasteiger partial charge in [0, 0.05) is 12.2 Å². The Morgan fingerprint density at radius 1 is 1.04 bits per heavy atom. The van der Waals surface area contributed by atoms with Crippen molar-refractivity contribution in [2.45, 2.75) is 24.6 Å². The second kappa shape index (κ2) is 8.98. The molecule has 0 N–H and O–H groups in total. The van der Waals surface area contributed by atoms with Crippen molar-refractivity contribution >= 4 is 17.7 Å². The van der Waals surface area contributed by atoms with Gasteiger partial charge < -0.3 is 4.74 Å². The van der Waals surface area contributed by atoms with Gasteiger partial charge in [-0.3, -0.25) is 4.79 Å². The third kappa shape index (κ3) is 5.15. The third-order valence-corrected chi connectivity index (χ3v) is 4.45. The van der Waals surface area contributed by atoms with Crippen molar-refractivity contribution in [1.82, 2.24) is 20.2 Å². The molecule has 128 valence electrons. The first-order valence-corrected chi connectivity index (χ1v) is 8.97. The number of carbonyl (C=O) groups excluding carboxylic acids is 1. The molecule has 0 radical (unpaired) electrons. The Bertz CT molecular complexity index is 793. The SMILES string of the molecule is O=C(CCCSc1nnnn1-c1ccccc1)OCc1ccccc1. The third-order valence-electron chi connectivity index (χ3n) is 3.44. The van der Waals surface area contributed by atoms with Crippen LogP contribution in [0.25, 0.3) is 5.69 Å². The highest BCUT2D eigenvalue weighted by molar-refractivity contribution is 7.99. The lowest BCUT2D eigenvalue weighted by Gasteiger charge is -2.05. The summed E-state index contributed by atoms with van der Waals surface area (Å²) in [5, 5.41) is 12.5. The van der Waals surface area contributed by atoms with Gasteiger partial charge in [-0.15, -0.1) is 5.10 Å². The van der Waals surface area contributed by atoms with Crippen molar-refractivity contribution in [3.8, 4) is 5.69 Å². The van der Waals surface area contributed by atoms with E-state index in [2.05, 4.69) is 15.5 Å². The van der Waals surface area contributed by atoms with Crippen molar-refractivity contribution in [3.63, 3.8) is 0 Å². The number of hydrogen-bond donors (Lipinski definition) is 0. The van der Waals surface area contributed by atoms with Gasteiger partial charge in [0.15, 0.2) is 0 Å². The molecule has 0 aliphatic carbocycles. The fourth-order valence-electron chi connectivity index (χ4n) is 2.19. The van der Waals surface area contributed by atoms with E-state index in [9.17, 15) is 4.79 Å². The lowest BCUT2D eigenvalue weighted by atomic mass is 10.2. The second-order valence-corrected chi connectivity index (χ2v) is 6.37. The van der Waals surface area contributed by atoms with Gasteiger partial charge >= 0.3 is 5.97 Å². The number of thioether (sulfide) groups is 1. The van der Waals surface area contributed by atoms with E-state index < -0.39 is 0 Å². The zero-order valence-corrected chi connectivity index (χ0v) is 14.4. The zero-order valence-electron chi connectivity index (χ0n) is 13.6. The maximum Gasteiger partial charge on any atom is 0.306 e. The molecule has 2 aromatic carbocycles. The van der Waals surface area contributed by atoms with Crippen LogP contribution in [-0.4, -0.2) is 31.9 Å². The molecular formula is C18H18N4O2S. The Balaban J connectivity index is 1.40. The fraction of sp³-hybridized carbons (Fsp3) is 0.222. The molecule has 0 saturated carbocycles. The van der Waals surface area contributed by atoms with E-state index >= 15 is 0 Å². The highest BCUT2D eigenvalue weighted by Gasteiger charge is 2.09. The number of benzene rings is 2. The summed E-state index contributed by atoms with van der Waals surface area (Å²) in [5.74, 6) is 0.556. The van der Waals surface area contributed by atoms with E-state index in [0.717, 1.165) is 17.0 Å². The number of hydrogen-bond acceptors (Lipinski definition) is 6. The van der Waals surface area contributed by atoms with E-state index in [1.807, 2.05) is 60.7 Å². The van der Waals surface area contributed by atoms with Crippen molar-refractivity contribution in [2.24, 2.45) is 0 Å². The standard InChI is InChI=1S/C18H18N4O2S/c23-17(24-14-15-8-3-1-4-9-15)12-7-13-25-18-19-20-21-22(18)16-10-5-2-6-11-16/h1-6,8-11H,7,12-14H2. The summed E-state index contributed by atoms with van der Waals surface area (Å²) in [6, 6.07) is 19.4. The van der Waals surface area contributed by atoms with Crippen LogP contribution in [0.15, 0.2) is 65.8 Å². The second-order valence-electron chi connectivity index (χ2n) is 5.31. The van der Waals surface area contributed by atoms with Gasteiger partial charge in [0.1, 0.15) is 6.61 Å². The van der Waals surface area contributed by atoms with Crippen molar-refractivity contribution in [2.75, 3.05) is 5.75 Å². The van der Waals surface area contributed by atoms with Crippen LogP contribution in [0.5, 0.6) is 0 Å². The molecule has 0 aliphatic heterocycles. The summed E-state index contributed by atoms with van der Waals surface area (Å²) < 4.78 is 6.96. The average molecular weight is 354 g/mol. The quantitative estimate of drug-likeness (QED) is 0.351. The van der Waals surface area contributed by atoms with Crippen LogP contribution in [0.4, 0.5) is 0 Å².